The van der Waals surface area contributed by atoms with Crippen LogP contribution in [0, 0.1) is 5.92 Å². The average Bonchev–Trinajstić information content (AvgIpc) is 1.68. The van der Waals surface area contributed by atoms with Crippen LogP contribution in [0.3, 0.4) is 0 Å². The van der Waals surface area contributed by atoms with Crippen molar-refractivity contribution in [3.05, 3.63) is 248 Å². The van der Waals surface area contributed by atoms with Crippen LogP contribution in [0.25, 0.3) is 0 Å². The summed E-state index contributed by atoms with van der Waals surface area (Å²) in [6.07, 6.45) is 0. The fourth-order valence-corrected chi connectivity index (χ4v) is 7.45. The number of ether oxygens (including phenoxy) is 12. The lowest BCUT2D eigenvalue weighted by molar-refractivity contribution is -0.160. The molecular formula is C86H108O39. The Morgan fingerprint density at radius 2 is 0.592 bits per heavy atom. The smallest absolute Gasteiger partial charge is 0.346 e. The summed E-state index contributed by atoms with van der Waals surface area (Å²) in [5.74, 6) is -20.8. The number of carbonyl (C=O) groups is 20. The van der Waals surface area contributed by atoms with Gasteiger partial charge in [0.25, 0.3) is 0 Å². The monoisotopic (exact) mass is 1760 g/mol. The summed E-state index contributed by atoms with van der Waals surface area (Å²) in [7, 11) is 0. The summed E-state index contributed by atoms with van der Waals surface area (Å²) >= 11 is 0. The van der Waals surface area contributed by atoms with Gasteiger partial charge in [-0.15, -0.1) is 0 Å². The summed E-state index contributed by atoms with van der Waals surface area (Å²) < 4.78 is 55.6. The fourth-order valence-electron chi connectivity index (χ4n) is 7.45. The maximum atomic E-state index is 11.7. The van der Waals surface area contributed by atoms with E-state index in [4.69, 9.17) is 50.0 Å². The number of carboxylic acid groups (broad SMARTS) is 7. The summed E-state index contributed by atoms with van der Waals surface area (Å²) in [6.45, 7) is 26.0. The molecule has 686 valence electrons. The highest BCUT2D eigenvalue weighted by Gasteiger charge is 2.32. The Morgan fingerprint density at radius 3 is 0.952 bits per heavy atom. The molecule has 0 unspecified atom stereocenters. The van der Waals surface area contributed by atoms with E-state index in [1.165, 1.54) is 101 Å². The van der Waals surface area contributed by atoms with Crippen LogP contribution in [-0.2, 0) is 108 Å². The molecule has 0 atom stereocenters. The number of benzene rings is 5. The molecule has 0 amide bonds. The van der Waals surface area contributed by atoms with Crippen molar-refractivity contribution in [2.45, 2.75) is 129 Å². The SMILES string of the molecule is C.C.C.C.C.C.C.C.C.C.C=C(C)C(=O)OCC(C(=O)O)C(=O)O.C=C(C)C(=O)OCOC(=O)c1ccc(C(=O)O)c(C(=O)O)c1.C=C(C)C(=O)OCOC(=O)c1ccc(C(=O)O)cc1.C=C(C)C(=O)OCOC(=O)c1ccc2c(c1)C(=O)OC2=O.C=C(C)C(=O)OCOCc1cc(C(=O)O)cc(C(=O)O)c1.C=C(C)C(=O)OCc1ccc2c(c1)C(=O)OC2=O. The van der Waals surface area contributed by atoms with Crippen LogP contribution in [0.5, 0.6) is 0 Å². The Kier molecular flexibility index (Phi) is 62.8. The maximum Gasteiger partial charge on any atom is 0.346 e. The largest absolute Gasteiger partial charge is 0.481 e. The Hall–Kier alpha value is -15.7. The zero-order valence-electron chi connectivity index (χ0n) is 61.2. The first-order valence-electron chi connectivity index (χ1n) is 31.6. The molecule has 0 aliphatic carbocycles. The van der Waals surface area contributed by atoms with Crippen molar-refractivity contribution in [3.63, 3.8) is 0 Å². The first-order chi connectivity index (χ1) is 53.7. The van der Waals surface area contributed by atoms with E-state index in [-0.39, 0.29) is 178 Å². The zero-order chi connectivity index (χ0) is 87.4. The molecule has 125 heavy (non-hydrogen) atoms. The molecule has 2 aliphatic heterocycles. The van der Waals surface area contributed by atoms with Crippen molar-refractivity contribution in [1.29, 1.82) is 0 Å². The molecule has 0 saturated carbocycles. The predicted octanol–water partition coefficient (Wildman–Crippen LogP) is 13.7. The number of aliphatic carboxylic acids is 2. The van der Waals surface area contributed by atoms with Crippen molar-refractivity contribution < 1.29 is 188 Å². The number of hydrogen-bond acceptors (Lipinski definition) is 32. The minimum atomic E-state index is -1.74. The molecule has 0 fully saturated rings. The van der Waals surface area contributed by atoms with E-state index in [0.717, 1.165) is 24.3 Å². The lowest BCUT2D eigenvalue weighted by Gasteiger charge is -2.07. The molecule has 0 spiro atoms. The van der Waals surface area contributed by atoms with Gasteiger partial charge in [-0.05, 0) is 144 Å². The second-order valence-electron chi connectivity index (χ2n) is 22.7. The molecule has 7 rings (SSSR count). The third kappa shape index (κ3) is 43.2. The van der Waals surface area contributed by atoms with E-state index in [9.17, 15) is 95.9 Å². The third-order valence-electron chi connectivity index (χ3n) is 13.3. The van der Waals surface area contributed by atoms with E-state index >= 15 is 0 Å². The van der Waals surface area contributed by atoms with Gasteiger partial charge >= 0.3 is 119 Å². The molecule has 0 radical (unpaired) electrons. The predicted molar refractivity (Wildman–Crippen MR) is 447 cm³/mol. The highest BCUT2D eigenvalue weighted by Crippen LogP contribution is 2.24. The van der Waals surface area contributed by atoms with Crippen LogP contribution >= 0.6 is 0 Å². The lowest BCUT2D eigenvalue weighted by Crippen LogP contribution is -2.29. The van der Waals surface area contributed by atoms with Gasteiger partial charge in [0.05, 0.1) is 73.4 Å². The molecule has 7 N–H and O–H groups in total. The first kappa shape index (κ1) is 127. The minimum Gasteiger partial charge on any atom is -0.481 e. The number of cyclic esters (lactones) is 4. The van der Waals surface area contributed by atoms with Crippen molar-refractivity contribution in [2.24, 2.45) is 5.92 Å². The Morgan fingerprint density at radius 1 is 0.288 bits per heavy atom. The van der Waals surface area contributed by atoms with Crippen molar-refractivity contribution in [1.82, 2.24) is 0 Å². The quantitative estimate of drug-likeness (QED) is 0.00560. The highest BCUT2D eigenvalue weighted by molar-refractivity contribution is 6.16. The third-order valence-corrected chi connectivity index (χ3v) is 13.3. The summed E-state index contributed by atoms with van der Waals surface area (Å²) in [4.78, 5) is 221. The Balaban J connectivity index is -0.000000182. The average molecular weight is 1770 g/mol. The molecule has 39 heteroatoms. The number of carbonyl (C=O) groups excluding carboxylic acids is 13. The number of hydrogen-bond donors (Lipinski definition) is 7. The number of aromatic carboxylic acids is 5. The molecule has 0 saturated heterocycles. The van der Waals surface area contributed by atoms with Gasteiger partial charge in [0.1, 0.15) is 13.2 Å². The number of fused-ring (bicyclic) bond motifs is 2. The number of carboxylic acids is 7. The number of rotatable bonds is 30. The van der Waals surface area contributed by atoms with Gasteiger partial charge < -0.3 is 92.6 Å². The van der Waals surface area contributed by atoms with Crippen LogP contribution in [0.1, 0.15) is 251 Å². The van der Waals surface area contributed by atoms with Crippen LogP contribution in [-0.4, -0.2) is 189 Å². The molecule has 0 bridgehead atoms. The van der Waals surface area contributed by atoms with Gasteiger partial charge in [-0.1, -0.05) is 120 Å². The molecule has 2 aliphatic rings. The lowest BCUT2D eigenvalue weighted by atomic mass is 10.0. The van der Waals surface area contributed by atoms with Gasteiger partial charge in [0, 0.05) is 33.4 Å². The zero-order valence-corrected chi connectivity index (χ0v) is 61.2. The van der Waals surface area contributed by atoms with Crippen molar-refractivity contribution in [2.75, 3.05) is 33.8 Å². The van der Waals surface area contributed by atoms with E-state index < -0.39 is 163 Å². The second-order valence-corrected chi connectivity index (χ2v) is 22.7. The van der Waals surface area contributed by atoms with E-state index in [0.29, 0.717) is 16.7 Å². The minimum absolute atomic E-state index is 0. The van der Waals surface area contributed by atoms with Crippen LogP contribution in [0.2, 0.25) is 0 Å². The molecule has 5 aromatic carbocycles. The van der Waals surface area contributed by atoms with Crippen molar-refractivity contribution in [3.8, 4) is 0 Å². The summed E-state index contributed by atoms with van der Waals surface area (Å²) in [5.41, 5.74) is 1.29. The van der Waals surface area contributed by atoms with Crippen LogP contribution in [0.4, 0.5) is 0 Å². The second kappa shape index (κ2) is 61.6. The standard InChI is InChI=1S/C14H12O8.C14H10O7.C14H14O7.C13H12O6.C13H10O5.C8H10O6.10CH4/c1-7(2)13(19)21-6-22-14(20)8-3-4-9(11(15)16)10(5-8)12(17)18;1-7(2)11(15)19-6-20-12(16)8-3-4-9-10(5-8)14(18)21-13(9)17;1-8(2)14(19)21-7-20-6-9-3-10(12(15)16)5-11(4-9)13(17)18;1-8(2)12(16)18-7-19-13(17)10-5-3-9(4-6-10)11(14)15;1-7(2)11(14)17-6-8-3-4-9-10(5-8)13(16)18-12(9)15;1-4(2)8(13)14-3-5(6(9)10)7(11)12;;;;;;;;;;/h3-5H,1,6H2,2H3,(H,15,16)(H,17,18);3-5H,1,6H2,2H3;3-5H,1,6-7H2,2H3,(H,15,16)(H,17,18);3-6H,1,7H2,2H3,(H,14,15);3-5H,1,6H2,2H3;5H,1,3H2,2H3,(H,9,10)(H,11,12);10*1H4. The fraction of sp³-hybridized carbons (Fsp3) is 0.279. The normalized spacial score (nSPS) is 9.85. The molecule has 39 nitrogen and oxygen atoms in total. The highest BCUT2D eigenvalue weighted by atomic mass is 16.7. The molecule has 5 aromatic rings. The van der Waals surface area contributed by atoms with Crippen LogP contribution < -0.4 is 0 Å². The van der Waals surface area contributed by atoms with E-state index in [2.05, 4.69) is 82.1 Å². The van der Waals surface area contributed by atoms with Crippen LogP contribution in [0.15, 0.2) is 170 Å². The molecular weight excluding hydrogens is 1660 g/mol. The van der Waals surface area contributed by atoms with Gasteiger partial charge in [-0.2, -0.15) is 0 Å². The summed E-state index contributed by atoms with van der Waals surface area (Å²) in [6, 6.07) is 20.1. The van der Waals surface area contributed by atoms with Crippen molar-refractivity contribution >= 4 is 119 Å². The van der Waals surface area contributed by atoms with Gasteiger partial charge in [0.15, 0.2) is 12.7 Å². The van der Waals surface area contributed by atoms with Gasteiger partial charge in [-0.3, -0.25) is 9.59 Å². The van der Waals surface area contributed by atoms with E-state index in [1.807, 2.05) is 0 Å². The maximum absolute atomic E-state index is 11.7. The molecule has 0 aromatic heterocycles. The Bertz CT molecular complexity index is 4770. The van der Waals surface area contributed by atoms with Gasteiger partial charge in [0.2, 0.25) is 20.4 Å². The topological polar surface area (TPSA) is 594 Å². The summed E-state index contributed by atoms with van der Waals surface area (Å²) in [5, 5.41) is 61.1. The molecule has 2 heterocycles. The van der Waals surface area contributed by atoms with Gasteiger partial charge in [-0.25, -0.2) is 86.3 Å². The Labute approximate surface area is 721 Å². The first-order valence-corrected chi connectivity index (χ1v) is 31.6. The number of esters is 13. The van der Waals surface area contributed by atoms with E-state index in [1.54, 1.807) is 13.0 Å².